The third kappa shape index (κ3) is 2.89. The monoisotopic (exact) mass is 345 g/mol. The van der Waals surface area contributed by atoms with Crippen molar-refractivity contribution in [3.05, 3.63) is 29.5 Å². The average molecular weight is 345 g/mol. The van der Waals surface area contributed by atoms with Gasteiger partial charge >= 0.3 is 0 Å². The smallest absolute Gasteiger partial charge is 0.290 e. The topological polar surface area (TPSA) is 61.1 Å². The van der Waals surface area contributed by atoms with E-state index in [-0.39, 0.29) is 18.2 Å². The SMILES string of the molecule is COc1ccc2oc(C(=O)N3CCCCC3C3OCCO3)c(C)c2c1. The molecular formula is C19H23NO5. The Bertz CT molecular complexity index is 777. The summed E-state index contributed by atoms with van der Waals surface area (Å²) in [6.45, 7) is 3.80. The second-order valence-electron chi connectivity index (χ2n) is 6.59. The summed E-state index contributed by atoms with van der Waals surface area (Å²) >= 11 is 0. The number of nitrogens with zero attached hydrogens (tertiary/aromatic N) is 1. The van der Waals surface area contributed by atoms with Gasteiger partial charge in [0.25, 0.3) is 5.91 Å². The van der Waals surface area contributed by atoms with Gasteiger partial charge in [-0.25, -0.2) is 0 Å². The van der Waals surface area contributed by atoms with Crippen LogP contribution in [0.15, 0.2) is 22.6 Å². The summed E-state index contributed by atoms with van der Waals surface area (Å²) < 4.78 is 22.5. The molecule has 25 heavy (non-hydrogen) atoms. The second kappa shape index (κ2) is 6.69. The quantitative estimate of drug-likeness (QED) is 0.855. The molecule has 2 saturated heterocycles. The number of piperidine rings is 1. The van der Waals surface area contributed by atoms with Crippen LogP contribution in [0.4, 0.5) is 0 Å². The minimum absolute atomic E-state index is 0.0501. The lowest BCUT2D eigenvalue weighted by Crippen LogP contribution is -2.50. The highest BCUT2D eigenvalue weighted by Gasteiger charge is 2.38. The number of methoxy groups -OCH3 is 1. The van der Waals surface area contributed by atoms with Gasteiger partial charge < -0.3 is 23.5 Å². The molecule has 0 saturated carbocycles. The standard InChI is InChI=1S/C19H23NO5/c1-12-14-11-13(22-2)6-7-16(14)25-17(12)18(21)20-8-4-3-5-15(20)19-23-9-10-24-19/h6-7,11,15,19H,3-5,8-10H2,1-2H3. The van der Waals surface area contributed by atoms with Crippen LogP contribution in [0.3, 0.4) is 0 Å². The summed E-state index contributed by atoms with van der Waals surface area (Å²) in [7, 11) is 1.63. The molecule has 0 bridgehead atoms. The van der Waals surface area contributed by atoms with Crippen molar-refractivity contribution in [1.29, 1.82) is 0 Å². The molecule has 0 radical (unpaired) electrons. The molecule has 1 unspecified atom stereocenters. The number of fused-ring (bicyclic) bond motifs is 1. The van der Waals surface area contributed by atoms with Crippen LogP contribution in [0.25, 0.3) is 11.0 Å². The lowest BCUT2D eigenvalue weighted by atomic mass is 10.0. The summed E-state index contributed by atoms with van der Waals surface area (Å²) in [6.07, 6.45) is 2.63. The number of rotatable bonds is 3. The predicted octanol–water partition coefficient (Wildman–Crippen LogP) is 3.12. The van der Waals surface area contributed by atoms with Crippen LogP contribution in [0, 0.1) is 6.92 Å². The van der Waals surface area contributed by atoms with E-state index in [0.29, 0.717) is 31.1 Å². The van der Waals surface area contributed by atoms with Gasteiger partial charge in [0, 0.05) is 17.5 Å². The van der Waals surface area contributed by atoms with Crippen molar-refractivity contribution >= 4 is 16.9 Å². The van der Waals surface area contributed by atoms with Crippen molar-refractivity contribution in [2.75, 3.05) is 26.9 Å². The predicted molar refractivity (Wildman–Crippen MR) is 91.9 cm³/mol. The largest absolute Gasteiger partial charge is 0.497 e. The molecule has 2 aliphatic heterocycles. The molecule has 0 aliphatic carbocycles. The molecule has 134 valence electrons. The van der Waals surface area contributed by atoms with Gasteiger partial charge in [0.1, 0.15) is 11.3 Å². The van der Waals surface area contributed by atoms with E-state index < -0.39 is 0 Å². The van der Waals surface area contributed by atoms with E-state index in [4.69, 9.17) is 18.6 Å². The Morgan fingerprint density at radius 3 is 2.80 bits per heavy atom. The molecule has 2 aliphatic rings. The maximum atomic E-state index is 13.2. The maximum Gasteiger partial charge on any atom is 0.290 e. The number of hydrogen-bond acceptors (Lipinski definition) is 5. The average Bonchev–Trinajstić information content (AvgIpc) is 3.29. The van der Waals surface area contributed by atoms with Gasteiger partial charge in [0.05, 0.1) is 26.4 Å². The zero-order chi connectivity index (χ0) is 17.4. The van der Waals surface area contributed by atoms with Crippen LogP contribution >= 0.6 is 0 Å². The molecule has 0 spiro atoms. The van der Waals surface area contributed by atoms with Gasteiger partial charge in [-0.05, 0) is 44.4 Å². The number of carbonyl (C=O) groups is 1. The van der Waals surface area contributed by atoms with E-state index in [2.05, 4.69) is 0 Å². The van der Waals surface area contributed by atoms with Crippen LogP contribution in [0.2, 0.25) is 0 Å². The van der Waals surface area contributed by atoms with Crippen molar-refractivity contribution in [2.24, 2.45) is 0 Å². The number of carbonyl (C=O) groups excluding carboxylic acids is 1. The van der Waals surface area contributed by atoms with Crippen LogP contribution < -0.4 is 4.74 Å². The number of hydrogen-bond donors (Lipinski definition) is 0. The molecule has 4 rings (SSSR count). The highest BCUT2D eigenvalue weighted by Crippen LogP contribution is 2.32. The Hall–Kier alpha value is -2.05. The minimum atomic E-state index is -0.325. The van der Waals surface area contributed by atoms with Crippen LogP contribution in [-0.2, 0) is 9.47 Å². The third-order valence-electron chi connectivity index (χ3n) is 5.11. The van der Waals surface area contributed by atoms with Gasteiger partial charge in [-0.15, -0.1) is 0 Å². The molecule has 1 aromatic carbocycles. The summed E-state index contributed by atoms with van der Waals surface area (Å²) in [5.41, 5.74) is 1.54. The number of likely N-dealkylation sites (tertiary alicyclic amines) is 1. The van der Waals surface area contributed by atoms with Gasteiger partial charge in [0.2, 0.25) is 0 Å². The molecule has 2 aromatic rings. The van der Waals surface area contributed by atoms with E-state index in [9.17, 15) is 4.79 Å². The number of benzene rings is 1. The zero-order valence-corrected chi connectivity index (χ0v) is 14.6. The summed E-state index contributed by atoms with van der Waals surface area (Å²) in [5.74, 6) is 1.06. The fraction of sp³-hybridized carbons (Fsp3) is 0.526. The number of amides is 1. The first kappa shape index (κ1) is 16.4. The van der Waals surface area contributed by atoms with Crippen molar-refractivity contribution in [3.63, 3.8) is 0 Å². The highest BCUT2D eigenvalue weighted by atomic mass is 16.7. The third-order valence-corrected chi connectivity index (χ3v) is 5.11. The fourth-order valence-corrected chi connectivity index (χ4v) is 3.75. The summed E-state index contributed by atoms with van der Waals surface area (Å²) in [5, 5.41) is 0.907. The van der Waals surface area contributed by atoms with E-state index in [1.165, 1.54) is 0 Å². The molecule has 6 heteroatoms. The van der Waals surface area contributed by atoms with Gasteiger partial charge in [-0.2, -0.15) is 0 Å². The molecule has 1 aromatic heterocycles. The molecule has 1 atom stereocenters. The van der Waals surface area contributed by atoms with Crippen molar-refractivity contribution in [3.8, 4) is 5.75 Å². The Balaban J connectivity index is 1.66. The van der Waals surface area contributed by atoms with Gasteiger partial charge in [0.15, 0.2) is 12.1 Å². The number of furan rings is 1. The van der Waals surface area contributed by atoms with Crippen molar-refractivity contribution < 1.29 is 23.4 Å². The van der Waals surface area contributed by atoms with Crippen molar-refractivity contribution in [2.45, 2.75) is 38.5 Å². The lowest BCUT2D eigenvalue weighted by molar-refractivity contribution is -0.100. The van der Waals surface area contributed by atoms with Crippen LogP contribution in [0.1, 0.15) is 35.4 Å². The molecule has 6 nitrogen and oxygen atoms in total. The summed E-state index contributed by atoms with van der Waals surface area (Å²) in [6, 6.07) is 5.53. The number of ether oxygens (including phenoxy) is 3. The first-order chi connectivity index (χ1) is 12.2. The van der Waals surface area contributed by atoms with E-state index >= 15 is 0 Å². The Morgan fingerprint density at radius 2 is 2.04 bits per heavy atom. The van der Waals surface area contributed by atoms with Gasteiger partial charge in [-0.3, -0.25) is 4.79 Å². The second-order valence-corrected chi connectivity index (χ2v) is 6.59. The van der Waals surface area contributed by atoms with Crippen LogP contribution in [0.5, 0.6) is 5.75 Å². The van der Waals surface area contributed by atoms with E-state index in [1.54, 1.807) is 7.11 Å². The molecule has 2 fully saturated rings. The van der Waals surface area contributed by atoms with E-state index in [1.807, 2.05) is 30.0 Å². The van der Waals surface area contributed by atoms with Crippen molar-refractivity contribution in [1.82, 2.24) is 4.90 Å². The number of aryl methyl sites for hydroxylation is 1. The molecule has 1 amide bonds. The molecule has 3 heterocycles. The normalized spacial score (nSPS) is 21.8. The van der Waals surface area contributed by atoms with E-state index in [0.717, 1.165) is 36.0 Å². The Kier molecular flexibility index (Phi) is 4.39. The Morgan fingerprint density at radius 1 is 1.24 bits per heavy atom. The summed E-state index contributed by atoms with van der Waals surface area (Å²) in [4.78, 5) is 15.1. The van der Waals surface area contributed by atoms with Crippen LogP contribution in [-0.4, -0.2) is 50.0 Å². The zero-order valence-electron chi connectivity index (χ0n) is 14.6. The highest BCUT2D eigenvalue weighted by molar-refractivity contribution is 5.99. The first-order valence-electron chi connectivity index (χ1n) is 8.80. The Labute approximate surface area is 146 Å². The molecule has 0 N–H and O–H groups in total. The lowest BCUT2D eigenvalue weighted by Gasteiger charge is -2.37. The van der Waals surface area contributed by atoms with Gasteiger partial charge in [-0.1, -0.05) is 0 Å². The minimum Gasteiger partial charge on any atom is -0.497 e. The fourth-order valence-electron chi connectivity index (χ4n) is 3.75. The first-order valence-corrected chi connectivity index (χ1v) is 8.80. The maximum absolute atomic E-state index is 13.2. The molecular weight excluding hydrogens is 322 g/mol.